The monoisotopic (exact) mass is 598 g/mol. The van der Waals surface area contributed by atoms with E-state index in [0.29, 0.717) is 17.5 Å². The van der Waals surface area contributed by atoms with Gasteiger partial charge in [0.05, 0.1) is 10.2 Å². The highest BCUT2D eigenvalue weighted by atomic mass is 32.1. The summed E-state index contributed by atoms with van der Waals surface area (Å²) < 4.78 is 3.62. The molecular formula is C38H22N4S2. The second-order valence-electron chi connectivity index (χ2n) is 10.7. The number of aromatic nitrogens is 4. The average molecular weight is 599 g/mol. The SMILES string of the molecule is c1ccc(-c2nc(-c3ccc4ccccc4c3)nc(-c3ccc4c(c3)sc3ccc5sc(-c6ccccc6)nc5c34)n2)cc1. The van der Waals surface area contributed by atoms with Crippen LogP contribution in [0.1, 0.15) is 0 Å². The second kappa shape index (κ2) is 10.2. The number of fused-ring (bicyclic) bond motifs is 6. The molecule has 6 heteroatoms. The van der Waals surface area contributed by atoms with Crippen molar-refractivity contribution in [2.45, 2.75) is 0 Å². The summed E-state index contributed by atoms with van der Waals surface area (Å²) >= 11 is 3.53. The Labute approximate surface area is 261 Å². The van der Waals surface area contributed by atoms with Crippen LogP contribution in [0.2, 0.25) is 0 Å². The molecule has 6 aromatic carbocycles. The molecule has 44 heavy (non-hydrogen) atoms. The van der Waals surface area contributed by atoms with Crippen LogP contribution in [-0.4, -0.2) is 19.9 Å². The Balaban J connectivity index is 1.21. The van der Waals surface area contributed by atoms with Crippen molar-refractivity contribution in [2.24, 2.45) is 0 Å². The van der Waals surface area contributed by atoms with Crippen LogP contribution in [0.3, 0.4) is 0 Å². The number of hydrogen-bond donors (Lipinski definition) is 0. The maximum atomic E-state index is 5.12. The van der Waals surface area contributed by atoms with Crippen molar-refractivity contribution in [3.63, 3.8) is 0 Å². The first-order valence-electron chi connectivity index (χ1n) is 14.4. The molecule has 0 aliphatic heterocycles. The molecule has 0 spiro atoms. The van der Waals surface area contributed by atoms with Crippen molar-refractivity contribution in [1.29, 1.82) is 0 Å². The van der Waals surface area contributed by atoms with E-state index in [0.717, 1.165) is 38.2 Å². The zero-order valence-electron chi connectivity index (χ0n) is 23.3. The third kappa shape index (κ3) is 4.27. The Morgan fingerprint density at radius 2 is 1.00 bits per heavy atom. The Morgan fingerprint density at radius 3 is 1.77 bits per heavy atom. The molecule has 4 nitrogen and oxygen atoms in total. The summed E-state index contributed by atoms with van der Waals surface area (Å²) in [5.41, 5.74) is 5.10. The number of nitrogens with zero attached hydrogens (tertiary/aromatic N) is 4. The van der Waals surface area contributed by atoms with Crippen LogP contribution in [0.5, 0.6) is 0 Å². The largest absolute Gasteiger partial charge is 0.235 e. The van der Waals surface area contributed by atoms with Crippen molar-refractivity contribution in [1.82, 2.24) is 19.9 Å². The summed E-state index contributed by atoms with van der Waals surface area (Å²) in [6.07, 6.45) is 0. The molecule has 0 unspecified atom stereocenters. The number of benzene rings is 6. The van der Waals surface area contributed by atoms with Gasteiger partial charge in [0.2, 0.25) is 0 Å². The van der Waals surface area contributed by atoms with Gasteiger partial charge in [-0.15, -0.1) is 22.7 Å². The predicted octanol–water partition coefficient (Wildman–Crippen LogP) is 10.7. The third-order valence-corrected chi connectivity index (χ3v) is 10.1. The highest BCUT2D eigenvalue weighted by Crippen LogP contribution is 2.42. The van der Waals surface area contributed by atoms with Gasteiger partial charge in [-0.25, -0.2) is 19.9 Å². The zero-order valence-corrected chi connectivity index (χ0v) is 24.9. The van der Waals surface area contributed by atoms with Crippen LogP contribution >= 0.6 is 22.7 Å². The van der Waals surface area contributed by atoms with E-state index in [-0.39, 0.29) is 0 Å². The molecular weight excluding hydrogens is 577 g/mol. The molecule has 0 N–H and O–H groups in total. The van der Waals surface area contributed by atoms with E-state index in [2.05, 4.69) is 97.1 Å². The maximum absolute atomic E-state index is 5.12. The molecule has 0 fully saturated rings. The van der Waals surface area contributed by atoms with E-state index in [9.17, 15) is 0 Å². The standard InChI is InChI=1S/C38H22N4S2/c1-3-10-24(11-4-1)35-40-36(27-16-15-23-9-7-8-14-26(23)21-27)42-37(41-35)28-17-18-29-32(22-28)43-30-19-20-31-34(33(29)30)39-38(44-31)25-12-5-2-6-13-25/h1-22H. The van der Waals surface area contributed by atoms with E-state index in [4.69, 9.17) is 19.9 Å². The molecule has 0 amide bonds. The van der Waals surface area contributed by atoms with Crippen molar-refractivity contribution < 1.29 is 0 Å². The smallest absolute Gasteiger partial charge is 0.164 e. The molecule has 9 aromatic rings. The van der Waals surface area contributed by atoms with Gasteiger partial charge in [-0.2, -0.15) is 0 Å². The first-order chi connectivity index (χ1) is 21.8. The fourth-order valence-electron chi connectivity index (χ4n) is 5.77. The van der Waals surface area contributed by atoms with Crippen molar-refractivity contribution in [3.8, 4) is 44.7 Å². The molecule has 0 saturated heterocycles. The molecule has 0 aliphatic rings. The van der Waals surface area contributed by atoms with Gasteiger partial charge >= 0.3 is 0 Å². The summed E-state index contributed by atoms with van der Waals surface area (Å²) in [6, 6.07) is 46.2. The Hall–Kier alpha value is -5.30. The first-order valence-corrected chi connectivity index (χ1v) is 16.0. The molecule has 0 atom stereocenters. The summed E-state index contributed by atoms with van der Waals surface area (Å²) in [5, 5.41) is 5.81. The van der Waals surface area contributed by atoms with Gasteiger partial charge in [0.1, 0.15) is 5.01 Å². The van der Waals surface area contributed by atoms with Gasteiger partial charge in [-0.1, -0.05) is 109 Å². The third-order valence-electron chi connectivity index (χ3n) is 7.95. The van der Waals surface area contributed by atoms with Gasteiger partial charge in [0.25, 0.3) is 0 Å². The lowest BCUT2D eigenvalue weighted by Gasteiger charge is -2.09. The van der Waals surface area contributed by atoms with Crippen LogP contribution in [0, 0.1) is 0 Å². The fourth-order valence-corrected chi connectivity index (χ4v) is 7.90. The molecule has 3 heterocycles. The van der Waals surface area contributed by atoms with Crippen molar-refractivity contribution in [2.75, 3.05) is 0 Å². The number of thiophene rings is 1. The van der Waals surface area contributed by atoms with Crippen molar-refractivity contribution in [3.05, 3.63) is 133 Å². The number of rotatable bonds is 4. The van der Waals surface area contributed by atoms with Gasteiger partial charge in [0.15, 0.2) is 17.5 Å². The minimum Gasteiger partial charge on any atom is -0.235 e. The van der Waals surface area contributed by atoms with Crippen LogP contribution < -0.4 is 0 Å². The lowest BCUT2D eigenvalue weighted by atomic mass is 10.1. The fraction of sp³-hybridized carbons (Fsp3) is 0. The van der Waals surface area contributed by atoms with Gasteiger partial charge in [0, 0.05) is 42.4 Å². The molecule has 9 rings (SSSR count). The van der Waals surface area contributed by atoms with Crippen molar-refractivity contribution >= 4 is 63.8 Å². The Bertz CT molecular complexity index is 2500. The van der Waals surface area contributed by atoms with Gasteiger partial charge < -0.3 is 0 Å². The zero-order chi connectivity index (χ0) is 29.0. The average Bonchev–Trinajstić information content (AvgIpc) is 3.70. The molecule has 3 aromatic heterocycles. The number of thiazole rings is 1. The summed E-state index contributed by atoms with van der Waals surface area (Å²) in [7, 11) is 0. The number of hydrogen-bond acceptors (Lipinski definition) is 6. The van der Waals surface area contributed by atoms with E-state index in [1.165, 1.54) is 30.3 Å². The van der Waals surface area contributed by atoms with Crippen LogP contribution in [0.4, 0.5) is 0 Å². The lowest BCUT2D eigenvalue weighted by molar-refractivity contribution is 1.08. The highest BCUT2D eigenvalue weighted by Gasteiger charge is 2.17. The van der Waals surface area contributed by atoms with Gasteiger partial charge in [-0.3, -0.25) is 0 Å². The van der Waals surface area contributed by atoms with Crippen LogP contribution in [0.15, 0.2) is 133 Å². The summed E-state index contributed by atoms with van der Waals surface area (Å²) in [4.78, 5) is 20.1. The second-order valence-corrected chi connectivity index (χ2v) is 12.8. The van der Waals surface area contributed by atoms with Gasteiger partial charge in [-0.05, 0) is 35.0 Å². The Morgan fingerprint density at radius 1 is 0.386 bits per heavy atom. The van der Waals surface area contributed by atoms with E-state index in [1.807, 2.05) is 36.4 Å². The van der Waals surface area contributed by atoms with E-state index >= 15 is 0 Å². The molecule has 206 valence electrons. The minimum atomic E-state index is 0.659. The summed E-state index contributed by atoms with van der Waals surface area (Å²) in [6.45, 7) is 0. The van der Waals surface area contributed by atoms with E-state index < -0.39 is 0 Å². The topological polar surface area (TPSA) is 51.6 Å². The molecule has 0 saturated carbocycles. The molecule has 0 aliphatic carbocycles. The maximum Gasteiger partial charge on any atom is 0.164 e. The highest BCUT2D eigenvalue weighted by molar-refractivity contribution is 7.26. The summed E-state index contributed by atoms with van der Waals surface area (Å²) in [5.74, 6) is 1.98. The first kappa shape index (κ1) is 25.2. The van der Waals surface area contributed by atoms with E-state index in [1.54, 1.807) is 22.7 Å². The molecule has 0 bridgehead atoms. The molecule has 0 radical (unpaired) electrons. The minimum absolute atomic E-state index is 0.659. The predicted molar refractivity (Wildman–Crippen MR) is 185 cm³/mol. The normalized spacial score (nSPS) is 11.6. The lowest BCUT2D eigenvalue weighted by Crippen LogP contribution is -2.00. The Kier molecular flexibility index (Phi) is 5.82. The van der Waals surface area contributed by atoms with Crippen LogP contribution in [-0.2, 0) is 0 Å². The van der Waals surface area contributed by atoms with Crippen LogP contribution in [0.25, 0.3) is 85.9 Å². The quantitative estimate of drug-likeness (QED) is 0.202.